The second kappa shape index (κ2) is 8.33. The Morgan fingerprint density at radius 1 is 1.15 bits per heavy atom. The van der Waals surface area contributed by atoms with Crippen LogP contribution in [-0.4, -0.2) is 11.1 Å². The number of nitrogens with zero attached hydrogens (tertiary/aromatic N) is 1. The van der Waals surface area contributed by atoms with Crippen LogP contribution in [0.3, 0.4) is 0 Å². The molecule has 0 aromatic heterocycles. The minimum atomic E-state index is -0.248. The van der Waals surface area contributed by atoms with Crippen molar-refractivity contribution in [1.82, 2.24) is 0 Å². The molecule has 3 rings (SSSR count). The molecule has 1 atom stereocenters. The fourth-order valence-corrected chi connectivity index (χ4v) is 3.06. The van der Waals surface area contributed by atoms with Crippen molar-refractivity contribution in [2.24, 2.45) is 4.99 Å². The normalized spacial score (nSPS) is 15.3. The summed E-state index contributed by atoms with van der Waals surface area (Å²) in [6, 6.07) is 14.6. The van der Waals surface area contributed by atoms with E-state index in [-0.39, 0.29) is 11.2 Å². The van der Waals surface area contributed by atoms with Crippen LogP contribution in [0.2, 0.25) is 0 Å². The number of rotatable bonds is 5. The van der Waals surface area contributed by atoms with Crippen molar-refractivity contribution < 1.29 is 4.39 Å². The van der Waals surface area contributed by atoms with E-state index in [0.717, 1.165) is 46.8 Å². The number of benzene rings is 2. The molecule has 1 aliphatic rings. The van der Waals surface area contributed by atoms with Crippen LogP contribution in [0.25, 0.3) is 0 Å². The highest BCUT2D eigenvalue weighted by molar-refractivity contribution is 6.21. The van der Waals surface area contributed by atoms with Gasteiger partial charge in [0.05, 0.1) is 11.4 Å². The van der Waals surface area contributed by atoms with E-state index in [4.69, 9.17) is 16.6 Å². The van der Waals surface area contributed by atoms with Gasteiger partial charge < -0.3 is 5.32 Å². The first-order valence-corrected chi connectivity index (χ1v) is 9.26. The fourth-order valence-electron chi connectivity index (χ4n) is 2.96. The molecule has 4 heteroatoms. The molecule has 0 fully saturated rings. The van der Waals surface area contributed by atoms with Crippen molar-refractivity contribution in [2.75, 3.05) is 5.32 Å². The Labute approximate surface area is 159 Å². The predicted molar refractivity (Wildman–Crippen MR) is 108 cm³/mol. The SMILES string of the molecule is CCC1=C(C/C=C\C(C)Cl)Nc2ccccc2C(c2ccc(F)cc2)=N1. The summed E-state index contributed by atoms with van der Waals surface area (Å²) in [5, 5.41) is 3.54. The Kier molecular flexibility index (Phi) is 5.89. The standard InChI is InChI=1S/C22H22ClFN2/c1-3-19-21(10-6-7-15(2)23)25-20-9-5-4-8-18(20)22(26-19)16-11-13-17(24)14-12-16/h4-9,11-15,25H,3,10H2,1-2H3/b7-6-. The van der Waals surface area contributed by atoms with Gasteiger partial charge in [-0.1, -0.05) is 37.3 Å². The van der Waals surface area contributed by atoms with Gasteiger partial charge in [-0.3, -0.25) is 4.99 Å². The van der Waals surface area contributed by atoms with E-state index < -0.39 is 0 Å². The monoisotopic (exact) mass is 368 g/mol. The lowest BCUT2D eigenvalue weighted by atomic mass is 10.0. The van der Waals surface area contributed by atoms with Gasteiger partial charge in [-0.25, -0.2) is 4.39 Å². The van der Waals surface area contributed by atoms with Crippen molar-refractivity contribution in [3.8, 4) is 0 Å². The lowest BCUT2D eigenvalue weighted by Gasteiger charge is -2.12. The summed E-state index contributed by atoms with van der Waals surface area (Å²) in [5.74, 6) is -0.248. The molecule has 2 nitrogen and oxygen atoms in total. The highest BCUT2D eigenvalue weighted by Crippen LogP contribution is 2.29. The van der Waals surface area contributed by atoms with E-state index in [1.54, 1.807) is 12.1 Å². The molecule has 2 aromatic carbocycles. The number of hydrogen-bond acceptors (Lipinski definition) is 2. The van der Waals surface area contributed by atoms with Crippen LogP contribution >= 0.6 is 11.6 Å². The van der Waals surface area contributed by atoms with Gasteiger partial charge in [0.15, 0.2) is 0 Å². The number of nitrogens with one attached hydrogen (secondary N) is 1. The number of anilines is 1. The Morgan fingerprint density at radius 2 is 1.88 bits per heavy atom. The Bertz CT molecular complexity index is 864. The first-order chi connectivity index (χ1) is 12.6. The van der Waals surface area contributed by atoms with Crippen molar-refractivity contribution in [3.63, 3.8) is 0 Å². The third kappa shape index (κ3) is 4.23. The van der Waals surface area contributed by atoms with Gasteiger partial charge in [-0.05, 0) is 43.7 Å². The number of fused-ring (bicyclic) bond motifs is 1. The lowest BCUT2D eigenvalue weighted by molar-refractivity contribution is 0.628. The number of hydrogen-bond donors (Lipinski definition) is 1. The average molecular weight is 369 g/mol. The minimum absolute atomic E-state index is 0.00276. The van der Waals surface area contributed by atoms with Gasteiger partial charge in [0.1, 0.15) is 5.82 Å². The molecule has 0 saturated heterocycles. The zero-order valence-corrected chi connectivity index (χ0v) is 15.7. The topological polar surface area (TPSA) is 24.4 Å². The molecular formula is C22H22ClFN2. The second-order valence-corrected chi connectivity index (χ2v) is 6.91. The molecule has 0 saturated carbocycles. The zero-order chi connectivity index (χ0) is 18.5. The summed E-state index contributed by atoms with van der Waals surface area (Å²) < 4.78 is 13.4. The minimum Gasteiger partial charge on any atom is -0.357 e. The van der Waals surface area contributed by atoms with Crippen LogP contribution < -0.4 is 5.32 Å². The quantitative estimate of drug-likeness (QED) is 0.487. The van der Waals surface area contributed by atoms with Gasteiger partial charge in [0.2, 0.25) is 0 Å². The third-order valence-corrected chi connectivity index (χ3v) is 4.38. The van der Waals surface area contributed by atoms with E-state index in [2.05, 4.69) is 18.3 Å². The van der Waals surface area contributed by atoms with E-state index in [1.165, 1.54) is 12.1 Å². The summed E-state index contributed by atoms with van der Waals surface area (Å²) in [6.07, 6.45) is 5.57. The zero-order valence-electron chi connectivity index (χ0n) is 15.0. The van der Waals surface area contributed by atoms with Crippen LogP contribution in [-0.2, 0) is 0 Å². The largest absolute Gasteiger partial charge is 0.357 e. The molecule has 1 heterocycles. The van der Waals surface area contributed by atoms with E-state index >= 15 is 0 Å². The van der Waals surface area contributed by atoms with Gasteiger partial charge >= 0.3 is 0 Å². The number of aliphatic imine (C=N–C) groups is 1. The molecule has 0 bridgehead atoms. The van der Waals surface area contributed by atoms with E-state index in [1.807, 2.05) is 37.3 Å². The Morgan fingerprint density at radius 3 is 2.58 bits per heavy atom. The molecule has 0 aliphatic carbocycles. The number of allylic oxidation sites excluding steroid dienone is 3. The fraction of sp³-hybridized carbons (Fsp3) is 0.227. The molecule has 2 aromatic rings. The molecule has 26 heavy (non-hydrogen) atoms. The summed E-state index contributed by atoms with van der Waals surface area (Å²) in [4.78, 5) is 4.96. The highest BCUT2D eigenvalue weighted by atomic mass is 35.5. The summed E-state index contributed by atoms with van der Waals surface area (Å²) >= 11 is 6.01. The van der Waals surface area contributed by atoms with E-state index in [9.17, 15) is 4.39 Å². The van der Waals surface area contributed by atoms with Crippen LogP contribution in [0.4, 0.5) is 10.1 Å². The Balaban J connectivity index is 2.10. The van der Waals surface area contributed by atoms with Crippen LogP contribution in [0.1, 0.15) is 37.8 Å². The van der Waals surface area contributed by atoms with E-state index in [0.29, 0.717) is 0 Å². The summed E-state index contributed by atoms with van der Waals surface area (Å²) in [7, 11) is 0. The highest BCUT2D eigenvalue weighted by Gasteiger charge is 2.18. The average Bonchev–Trinajstić information content (AvgIpc) is 2.79. The molecule has 0 amide bonds. The van der Waals surface area contributed by atoms with Crippen LogP contribution in [0.5, 0.6) is 0 Å². The maximum Gasteiger partial charge on any atom is 0.123 e. The third-order valence-electron chi connectivity index (χ3n) is 4.24. The van der Waals surface area contributed by atoms with Gasteiger partial charge in [0, 0.05) is 34.3 Å². The molecule has 1 N–H and O–H groups in total. The molecule has 1 unspecified atom stereocenters. The molecule has 1 aliphatic heterocycles. The van der Waals surface area contributed by atoms with Crippen molar-refractivity contribution >= 4 is 23.0 Å². The number of para-hydroxylation sites is 1. The van der Waals surface area contributed by atoms with Crippen LogP contribution in [0, 0.1) is 5.82 Å². The maximum absolute atomic E-state index is 13.4. The van der Waals surface area contributed by atoms with Crippen molar-refractivity contribution in [1.29, 1.82) is 0 Å². The van der Waals surface area contributed by atoms with Gasteiger partial charge in [0.25, 0.3) is 0 Å². The lowest BCUT2D eigenvalue weighted by Crippen LogP contribution is -2.06. The smallest absolute Gasteiger partial charge is 0.123 e. The van der Waals surface area contributed by atoms with Gasteiger partial charge in [-0.15, -0.1) is 11.6 Å². The first-order valence-electron chi connectivity index (χ1n) is 8.82. The first kappa shape index (κ1) is 18.4. The maximum atomic E-state index is 13.4. The molecule has 0 radical (unpaired) electrons. The molecule has 0 spiro atoms. The predicted octanol–water partition coefficient (Wildman–Crippen LogP) is 6.28. The van der Waals surface area contributed by atoms with Crippen molar-refractivity contribution in [2.45, 2.75) is 32.1 Å². The van der Waals surface area contributed by atoms with Crippen molar-refractivity contribution in [3.05, 3.63) is 89.0 Å². The number of alkyl halides is 1. The van der Waals surface area contributed by atoms with Gasteiger partial charge in [-0.2, -0.15) is 0 Å². The Hall–Kier alpha value is -2.39. The molecule has 134 valence electrons. The second-order valence-electron chi connectivity index (χ2n) is 6.23. The molecular weight excluding hydrogens is 347 g/mol. The summed E-state index contributed by atoms with van der Waals surface area (Å²) in [6.45, 7) is 4.03. The summed E-state index contributed by atoms with van der Waals surface area (Å²) in [5.41, 5.74) is 5.82. The number of halogens is 2. The van der Waals surface area contributed by atoms with Crippen LogP contribution in [0.15, 0.2) is 77.1 Å².